The number of nitrogens with one attached hydrogen (secondary N) is 1. The minimum absolute atomic E-state index is 0.0132. The second-order valence-corrected chi connectivity index (χ2v) is 6.77. The van der Waals surface area contributed by atoms with Crippen LogP contribution in [-0.2, 0) is 4.79 Å². The molecule has 106 valence electrons. The van der Waals surface area contributed by atoms with E-state index in [1.165, 1.54) is 37.6 Å². The summed E-state index contributed by atoms with van der Waals surface area (Å²) in [6.45, 7) is 4.01. The molecular formula is C13H21N3O2S. The minimum atomic E-state index is -0.0132. The van der Waals surface area contributed by atoms with Crippen LogP contribution in [0, 0.1) is 5.92 Å². The smallest absolute Gasteiger partial charge is 0.282 e. The van der Waals surface area contributed by atoms with Crippen LogP contribution in [0.25, 0.3) is 0 Å². The van der Waals surface area contributed by atoms with Crippen molar-refractivity contribution in [2.24, 2.45) is 5.92 Å². The fourth-order valence-electron chi connectivity index (χ4n) is 2.86. The van der Waals surface area contributed by atoms with Crippen LogP contribution in [0.3, 0.4) is 0 Å². The van der Waals surface area contributed by atoms with Gasteiger partial charge in [0, 0.05) is 31.4 Å². The summed E-state index contributed by atoms with van der Waals surface area (Å²) < 4.78 is 0. The van der Waals surface area contributed by atoms with E-state index >= 15 is 0 Å². The maximum absolute atomic E-state index is 11.8. The quantitative estimate of drug-likeness (QED) is 0.809. The monoisotopic (exact) mass is 283 g/mol. The Kier molecular flexibility index (Phi) is 3.98. The maximum Gasteiger partial charge on any atom is 0.282 e. The average molecular weight is 283 g/mol. The summed E-state index contributed by atoms with van der Waals surface area (Å²) in [4.78, 5) is 27.4. The lowest BCUT2D eigenvalue weighted by atomic mass is 10.1. The molecule has 0 aromatic heterocycles. The van der Waals surface area contributed by atoms with Gasteiger partial charge in [0.1, 0.15) is 6.54 Å². The van der Waals surface area contributed by atoms with Gasteiger partial charge in [-0.1, -0.05) is 11.8 Å². The molecule has 1 aliphatic carbocycles. The lowest BCUT2D eigenvalue weighted by Crippen LogP contribution is -2.39. The number of likely N-dealkylation sites (tertiary alicyclic amines) is 1. The van der Waals surface area contributed by atoms with Gasteiger partial charge in [-0.15, -0.1) is 0 Å². The molecule has 2 saturated heterocycles. The maximum atomic E-state index is 11.8. The Labute approximate surface area is 118 Å². The van der Waals surface area contributed by atoms with E-state index in [1.807, 2.05) is 0 Å². The van der Waals surface area contributed by atoms with Crippen molar-refractivity contribution < 1.29 is 9.59 Å². The summed E-state index contributed by atoms with van der Waals surface area (Å²) in [6.07, 6.45) is 3.90. The van der Waals surface area contributed by atoms with E-state index in [2.05, 4.69) is 10.2 Å². The van der Waals surface area contributed by atoms with Gasteiger partial charge in [-0.2, -0.15) is 0 Å². The van der Waals surface area contributed by atoms with Crippen molar-refractivity contribution in [2.75, 3.05) is 38.5 Å². The Morgan fingerprint density at radius 2 is 2.16 bits per heavy atom. The largest absolute Gasteiger partial charge is 0.354 e. The van der Waals surface area contributed by atoms with Crippen LogP contribution in [0.4, 0.5) is 4.79 Å². The molecule has 3 aliphatic rings. The van der Waals surface area contributed by atoms with Gasteiger partial charge in [0.05, 0.1) is 0 Å². The van der Waals surface area contributed by atoms with Crippen molar-refractivity contribution in [2.45, 2.75) is 25.3 Å². The number of carbonyl (C=O) groups is 2. The molecule has 0 bridgehead atoms. The lowest BCUT2D eigenvalue weighted by molar-refractivity contribution is -0.121. The Balaban J connectivity index is 1.35. The summed E-state index contributed by atoms with van der Waals surface area (Å²) in [6, 6.07) is 0.833. The summed E-state index contributed by atoms with van der Waals surface area (Å²) >= 11 is 1.30. The molecule has 5 nitrogen and oxygen atoms in total. The molecule has 1 saturated carbocycles. The van der Waals surface area contributed by atoms with Crippen molar-refractivity contribution in [1.82, 2.24) is 15.1 Å². The zero-order valence-corrected chi connectivity index (χ0v) is 12.0. The molecule has 2 aliphatic heterocycles. The molecule has 0 unspecified atom stereocenters. The Bertz CT molecular complexity index is 373. The molecule has 6 heteroatoms. The highest BCUT2D eigenvalue weighted by molar-refractivity contribution is 8.13. The number of rotatable bonds is 5. The van der Waals surface area contributed by atoms with Gasteiger partial charge in [0.15, 0.2) is 0 Å². The van der Waals surface area contributed by atoms with Crippen molar-refractivity contribution in [3.8, 4) is 0 Å². The van der Waals surface area contributed by atoms with Crippen molar-refractivity contribution in [1.29, 1.82) is 0 Å². The highest BCUT2D eigenvalue weighted by Gasteiger charge is 2.34. The number of nitrogens with zero attached hydrogens (tertiary/aromatic N) is 2. The summed E-state index contributed by atoms with van der Waals surface area (Å²) in [5, 5.41) is 3.02. The van der Waals surface area contributed by atoms with E-state index in [9.17, 15) is 9.59 Å². The van der Waals surface area contributed by atoms with Crippen LogP contribution in [-0.4, -0.2) is 65.5 Å². The highest BCUT2D eigenvalue weighted by atomic mass is 32.2. The van der Waals surface area contributed by atoms with Gasteiger partial charge in [-0.25, -0.2) is 0 Å². The van der Waals surface area contributed by atoms with E-state index < -0.39 is 0 Å². The second kappa shape index (κ2) is 5.71. The number of carbonyl (C=O) groups excluding carboxylic acids is 2. The zero-order valence-electron chi connectivity index (χ0n) is 11.1. The molecule has 3 rings (SSSR count). The van der Waals surface area contributed by atoms with E-state index in [4.69, 9.17) is 0 Å². The van der Waals surface area contributed by atoms with Crippen LogP contribution < -0.4 is 5.32 Å². The lowest BCUT2D eigenvalue weighted by Gasteiger charge is -2.17. The number of amides is 2. The van der Waals surface area contributed by atoms with Crippen molar-refractivity contribution in [3.05, 3.63) is 0 Å². The molecular weight excluding hydrogens is 262 g/mol. The van der Waals surface area contributed by atoms with E-state index in [-0.39, 0.29) is 17.7 Å². The third kappa shape index (κ3) is 3.42. The standard InChI is InChI=1S/C13H21N3O2S/c17-12(9-16-5-6-19-13(16)18)14-7-10-3-4-15(8-10)11-1-2-11/h10-11H,1-9H2,(H,14,17)/t10-/m0/s1. The molecule has 19 heavy (non-hydrogen) atoms. The first-order chi connectivity index (χ1) is 9.22. The summed E-state index contributed by atoms with van der Waals surface area (Å²) in [5.41, 5.74) is 0. The Hall–Kier alpha value is -0.750. The SMILES string of the molecule is O=C(CN1CCSC1=O)NC[C@@H]1CCN(C2CC2)C1. The third-order valence-corrected chi connectivity index (χ3v) is 5.04. The topological polar surface area (TPSA) is 52.7 Å². The first-order valence-electron chi connectivity index (χ1n) is 7.15. The van der Waals surface area contributed by atoms with Gasteiger partial charge in [0.2, 0.25) is 5.91 Å². The van der Waals surface area contributed by atoms with E-state index in [0.29, 0.717) is 12.5 Å². The van der Waals surface area contributed by atoms with Crippen molar-refractivity contribution in [3.63, 3.8) is 0 Å². The highest BCUT2D eigenvalue weighted by Crippen LogP contribution is 2.31. The fraction of sp³-hybridized carbons (Fsp3) is 0.846. The molecule has 0 spiro atoms. The van der Waals surface area contributed by atoms with Crippen LogP contribution in [0.2, 0.25) is 0 Å². The molecule has 0 radical (unpaired) electrons. The number of hydrogen-bond donors (Lipinski definition) is 1. The molecule has 2 amide bonds. The van der Waals surface area contributed by atoms with Crippen molar-refractivity contribution >= 4 is 22.9 Å². The fourth-order valence-corrected chi connectivity index (χ4v) is 3.68. The van der Waals surface area contributed by atoms with Gasteiger partial charge in [-0.05, 0) is 31.7 Å². The molecule has 3 fully saturated rings. The predicted molar refractivity (Wildman–Crippen MR) is 75.1 cm³/mol. The Morgan fingerprint density at radius 3 is 2.84 bits per heavy atom. The van der Waals surface area contributed by atoms with Crippen LogP contribution >= 0.6 is 11.8 Å². The number of hydrogen-bond acceptors (Lipinski definition) is 4. The van der Waals surface area contributed by atoms with Crippen LogP contribution in [0.1, 0.15) is 19.3 Å². The molecule has 0 aromatic rings. The molecule has 2 heterocycles. The average Bonchev–Trinajstić information content (AvgIpc) is 3.01. The zero-order chi connectivity index (χ0) is 13.2. The van der Waals surface area contributed by atoms with Crippen LogP contribution in [0.15, 0.2) is 0 Å². The van der Waals surface area contributed by atoms with Gasteiger partial charge < -0.3 is 15.1 Å². The first-order valence-corrected chi connectivity index (χ1v) is 8.13. The minimum Gasteiger partial charge on any atom is -0.354 e. The van der Waals surface area contributed by atoms with Crippen LogP contribution in [0.5, 0.6) is 0 Å². The predicted octanol–water partition coefficient (Wildman–Crippen LogP) is 0.756. The first kappa shape index (κ1) is 13.2. The molecule has 0 aromatic carbocycles. The third-order valence-electron chi connectivity index (χ3n) is 4.15. The second-order valence-electron chi connectivity index (χ2n) is 5.72. The summed E-state index contributed by atoms with van der Waals surface area (Å²) in [7, 11) is 0. The molecule has 1 N–H and O–H groups in total. The summed E-state index contributed by atoms with van der Waals surface area (Å²) in [5.74, 6) is 1.39. The molecule has 1 atom stereocenters. The van der Waals surface area contributed by atoms with E-state index in [0.717, 1.165) is 24.9 Å². The Morgan fingerprint density at radius 1 is 1.32 bits per heavy atom. The van der Waals surface area contributed by atoms with Gasteiger partial charge in [0.25, 0.3) is 5.24 Å². The van der Waals surface area contributed by atoms with E-state index in [1.54, 1.807) is 4.90 Å². The normalized spacial score (nSPS) is 28.1. The van der Waals surface area contributed by atoms with Gasteiger partial charge >= 0.3 is 0 Å². The number of thioether (sulfide) groups is 1. The van der Waals surface area contributed by atoms with Gasteiger partial charge in [-0.3, -0.25) is 9.59 Å².